The van der Waals surface area contributed by atoms with Gasteiger partial charge in [-0.3, -0.25) is 19.8 Å². The van der Waals surface area contributed by atoms with Crippen LogP contribution in [0.5, 0.6) is 11.5 Å². The summed E-state index contributed by atoms with van der Waals surface area (Å²) in [4.78, 5) is 50.3. The number of thiol groups is 1. The Morgan fingerprint density at radius 3 is 2.46 bits per heavy atom. The van der Waals surface area contributed by atoms with E-state index in [4.69, 9.17) is 21.4 Å². The Morgan fingerprint density at radius 2 is 1.75 bits per heavy atom. The first-order valence-electron chi connectivity index (χ1n) is 22.9. The Hall–Kier alpha value is -5.90. The molecule has 0 spiro atoms. The van der Waals surface area contributed by atoms with Crippen molar-refractivity contribution in [3.63, 3.8) is 0 Å². The molecule has 8 rings (SSSR count). The Balaban J connectivity index is 0.959. The van der Waals surface area contributed by atoms with Gasteiger partial charge >= 0.3 is 6.09 Å². The maximum atomic E-state index is 14.0. The van der Waals surface area contributed by atoms with Crippen LogP contribution in [0.25, 0.3) is 16.6 Å². The lowest BCUT2D eigenvalue weighted by Crippen LogP contribution is -2.47. The van der Waals surface area contributed by atoms with Crippen molar-refractivity contribution in [1.29, 1.82) is 0 Å². The van der Waals surface area contributed by atoms with Gasteiger partial charge in [-0.25, -0.2) is 22.9 Å². The van der Waals surface area contributed by atoms with E-state index in [0.717, 1.165) is 56.0 Å². The number of carbonyl (C=O) groups is 2. The van der Waals surface area contributed by atoms with Gasteiger partial charge in [-0.05, 0) is 97.7 Å². The number of amides is 2. The van der Waals surface area contributed by atoms with Gasteiger partial charge in [-0.1, -0.05) is 53.3 Å². The number of pyridine rings is 1. The third-order valence-corrected chi connectivity index (χ3v) is 17.1. The summed E-state index contributed by atoms with van der Waals surface area (Å²) < 4.78 is 50.1. The van der Waals surface area contributed by atoms with Gasteiger partial charge < -0.3 is 34.5 Å². The summed E-state index contributed by atoms with van der Waals surface area (Å²) in [5, 5.41) is 25.9. The number of nitrogens with one attached hydrogen (secondary N) is 3. The molecular weight excluding hydrogens is 946 g/mol. The van der Waals surface area contributed by atoms with Gasteiger partial charge in [0.25, 0.3) is 21.6 Å². The van der Waals surface area contributed by atoms with Gasteiger partial charge in [-0.2, -0.15) is 4.36 Å². The van der Waals surface area contributed by atoms with Crippen LogP contribution in [0, 0.1) is 15.5 Å². The zero-order chi connectivity index (χ0) is 49.1. The Labute approximate surface area is 407 Å². The van der Waals surface area contributed by atoms with E-state index < -0.39 is 47.6 Å². The van der Waals surface area contributed by atoms with Crippen LogP contribution >= 0.6 is 11.6 Å². The number of nitrogens with zero attached hydrogens (tertiary/aromatic N) is 6. The highest BCUT2D eigenvalue weighted by Crippen LogP contribution is 2.43. The second-order valence-electron chi connectivity index (χ2n) is 18.8. The van der Waals surface area contributed by atoms with Gasteiger partial charge in [-0.15, -0.1) is 0 Å². The number of aromatic nitrogens is 2. The van der Waals surface area contributed by atoms with Crippen LogP contribution in [0.3, 0.4) is 0 Å². The fourth-order valence-corrected chi connectivity index (χ4v) is 12.3. The summed E-state index contributed by atoms with van der Waals surface area (Å²) in [6.07, 6.45) is 5.56. The fourth-order valence-electron chi connectivity index (χ4n) is 9.19. The number of anilines is 2. The molecule has 0 saturated carbocycles. The van der Waals surface area contributed by atoms with E-state index in [1.54, 1.807) is 24.4 Å². The number of hydrogen-bond acceptors (Lipinski definition) is 12. The van der Waals surface area contributed by atoms with Crippen molar-refractivity contribution >= 4 is 77.4 Å². The second-order valence-corrected chi connectivity index (χ2v) is 23.8. The Morgan fingerprint density at radius 1 is 1.01 bits per heavy atom. The molecule has 368 valence electrons. The SMILES string of the molecule is C[C@@H](CCN1CC[SH](O)(=NC(=O)O)CC1)Nc1ccc(S(=O)(=O)NC(=O)c2ccc(N3CCN(CC4=C(c5ccc(Cl)cc5)CC(C)(C)CC4)CC3)cc2Oc2cnc3[nH]ccc3c2)cc1[N+](=O)[O-]. The molecule has 18 nitrogen and oxygen atoms in total. The van der Waals surface area contributed by atoms with Gasteiger partial charge in [0.05, 0.1) is 21.6 Å². The summed E-state index contributed by atoms with van der Waals surface area (Å²) in [6, 6.07) is 19.8. The molecule has 0 unspecified atom stereocenters. The predicted octanol–water partition coefficient (Wildman–Crippen LogP) is 8.55. The van der Waals surface area contributed by atoms with Crippen molar-refractivity contribution in [3.8, 4) is 11.5 Å². The molecule has 5 aromatic rings. The minimum Gasteiger partial charge on any atom is -0.463 e. The minimum atomic E-state index is -4.64. The van der Waals surface area contributed by atoms with Crippen molar-refractivity contribution in [1.82, 2.24) is 24.5 Å². The van der Waals surface area contributed by atoms with Gasteiger partial charge in [0.1, 0.15) is 22.8 Å². The standard InChI is InChI=1S/C48H58ClN9O9S2/c1-32(14-17-55-22-24-68(64,25-23-55)54-47(60)61)52-42-11-9-39(28-43(42)58(62)63)69(65,66)53-46(59)40-10-8-37(27-44(40)67-38-26-34-13-16-50-45(34)51-30-38)57-20-18-56(19-21-57)31-35-12-15-48(2,3)29-41(35)33-4-6-36(49)7-5-33/h4-11,13,16,26-28,30,32,52,68H,12,14-15,17-25,29,31H2,1-3H3,(H,50,51)(H,53,59)(H,54,64)(H,60,61)/t32-/m0/s1. The summed E-state index contributed by atoms with van der Waals surface area (Å²) in [7, 11) is -7.51. The number of H-pyrrole nitrogens is 1. The molecule has 0 radical (unpaired) electrons. The van der Waals surface area contributed by atoms with Crippen molar-refractivity contribution in [2.24, 2.45) is 9.78 Å². The number of carbonyl (C=O) groups excluding carboxylic acids is 1. The van der Waals surface area contributed by atoms with E-state index in [2.05, 4.69) is 65.0 Å². The number of sulfonamides is 1. The molecule has 2 aromatic heterocycles. The highest BCUT2D eigenvalue weighted by molar-refractivity contribution is 8.00. The number of nitro groups is 1. The number of piperazine rings is 1. The summed E-state index contributed by atoms with van der Waals surface area (Å²) in [5.74, 6) is -0.0373. The molecule has 2 fully saturated rings. The third kappa shape index (κ3) is 12.3. The summed E-state index contributed by atoms with van der Waals surface area (Å²) in [6.45, 7) is 11.8. The van der Waals surface area contributed by atoms with E-state index >= 15 is 0 Å². The average Bonchev–Trinajstić information content (AvgIpc) is 3.77. The highest BCUT2D eigenvalue weighted by atomic mass is 35.5. The van der Waals surface area contributed by atoms with Crippen LogP contribution in [0.15, 0.2) is 100 Å². The van der Waals surface area contributed by atoms with Crippen molar-refractivity contribution in [2.45, 2.75) is 57.4 Å². The van der Waals surface area contributed by atoms with E-state index in [1.165, 1.54) is 41.1 Å². The highest BCUT2D eigenvalue weighted by Gasteiger charge is 2.31. The molecule has 1 atom stereocenters. The molecule has 2 amide bonds. The van der Waals surface area contributed by atoms with E-state index in [9.17, 15) is 32.7 Å². The Bertz CT molecular complexity index is 2940. The van der Waals surface area contributed by atoms with Crippen LogP contribution in [0.1, 0.15) is 62.4 Å². The number of hydrogen-bond donors (Lipinski definition) is 6. The smallest absolute Gasteiger partial charge is 0.437 e. The fraction of sp³-hybridized carbons (Fsp3) is 0.396. The molecule has 3 aliphatic rings. The van der Waals surface area contributed by atoms with Crippen LogP contribution in [0.4, 0.5) is 21.9 Å². The number of carboxylic acid groups (broad SMARTS) is 1. The Kier molecular flexibility index (Phi) is 14.8. The average molecular weight is 1000 g/mol. The lowest BCUT2D eigenvalue weighted by molar-refractivity contribution is -0.384. The maximum absolute atomic E-state index is 14.0. The van der Waals surface area contributed by atoms with Crippen molar-refractivity contribution in [2.75, 3.05) is 74.1 Å². The van der Waals surface area contributed by atoms with E-state index in [1.807, 2.05) is 25.1 Å². The first-order chi connectivity index (χ1) is 32.8. The van der Waals surface area contributed by atoms with Gasteiger partial charge in [0.15, 0.2) is 0 Å². The predicted molar refractivity (Wildman–Crippen MR) is 271 cm³/mol. The number of benzene rings is 3. The lowest BCUT2D eigenvalue weighted by atomic mass is 9.72. The van der Waals surface area contributed by atoms with Crippen LogP contribution < -0.4 is 19.7 Å². The summed E-state index contributed by atoms with van der Waals surface area (Å²) in [5.41, 5.74) is 5.21. The molecule has 1 aliphatic carbocycles. The van der Waals surface area contributed by atoms with Gasteiger partial charge in [0, 0.05) is 104 Å². The quantitative estimate of drug-likeness (QED) is 0.0328. The molecule has 21 heteroatoms. The molecule has 0 bridgehead atoms. The first-order valence-corrected chi connectivity index (χ1v) is 26.8. The van der Waals surface area contributed by atoms with Gasteiger partial charge in [0.2, 0.25) is 0 Å². The maximum Gasteiger partial charge on any atom is 0.437 e. The number of fused-ring (bicyclic) bond motifs is 1. The lowest BCUT2D eigenvalue weighted by Gasteiger charge is -2.39. The number of halogens is 1. The van der Waals surface area contributed by atoms with Crippen LogP contribution in [-0.4, -0.2) is 125 Å². The second kappa shape index (κ2) is 20.6. The number of rotatable bonds is 15. The van der Waals surface area contributed by atoms with Crippen molar-refractivity contribution in [3.05, 3.63) is 117 Å². The molecule has 2 saturated heterocycles. The largest absolute Gasteiger partial charge is 0.463 e. The normalized spacial score (nSPS) is 18.6. The monoisotopic (exact) mass is 1000 g/mol. The first kappa shape index (κ1) is 49.5. The zero-order valence-corrected chi connectivity index (χ0v) is 41.2. The number of ether oxygens (including phenoxy) is 1. The van der Waals surface area contributed by atoms with E-state index in [-0.39, 0.29) is 40.0 Å². The van der Waals surface area contributed by atoms with Crippen LogP contribution in [0.2, 0.25) is 5.02 Å². The number of allylic oxidation sites excluding steroid dienone is 1. The van der Waals surface area contributed by atoms with Crippen molar-refractivity contribution < 1.29 is 37.3 Å². The number of aromatic amines is 1. The van der Waals surface area contributed by atoms with Crippen LogP contribution in [-0.2, 0) is 20.1 Å². The molecule has 5 N–H and O–H groups in total. The zero-order valence-electron chi connectivity index (χ0n) is 38.7. The number of nitro benzene ring substituents is 1. The molecule has 69 heavy (non-hydrogen) atoms. The topological polar surface area (TPSA) is 236 Å². The molecule has 3 aromatic carbocycles. The molecular formula is C48H58ClN9O9S2. The van der Waals surface area contributed by atoms with E-state index in [0.29, 0.717) is 55.6 Å². The molecule has 4 heterocycles. The summed E-state index contributed by atoms with van der Waals surface area (Å²) >= 11 is 6.25. The minimum absolute atomic E-state index is 0.0739. The molecule has 2 aliphatic heterocycles. The third-order valence-electron chi connectivity index (χ3n) is 13.1.